The van der Waals surface area contributed by atoms with Crippen molar-refractivity contribution in [3.8, 4) is 11.1 Å². The molecule has 178 valence electrons. The molecule has 0 saturated heterocycles. The SMILES string of the molecule is CCCCCc1cc2c3c(n(C)c2cc1-c1ccnc(/C(N)=C/C(=N)C(F)(F)F)c1)CCC=C3. The van der Waals surface area contributed by atoms with Crippen molar-refractivity contribution in [1.82, 2.24) is 9.55 Å². The van der Waals surface area contributed by atoms with Gasteiger partial charge in [-0.3, -0.25) is 10.4 Å². The van der Waals surface area contributed by atoms with Crippen LogP contribution in [0.15, 0.2) is 42.6 Å². The monoisotopic (exact) mass is 466 g/mol. The highest BCUT2D eigenvalue weighted by molar-refractivity contribution is 6.02. The van der Waals surface area contributed by atoms with Crippen LogP contribution in [0.2, 0.25) is 0 Å². The molecule has 4 rings (SSSR count). The number of nitrogens with two attached hydrogens (primary N) is 1. The summed E-state index contributed by atoms with van der Waals surface area (Å²) in [4.78, 5) is 4.17. The van der Waals surface area contributed by atoms with Crippen molar-refractivity contribution in [3.63, 3.8) is 0 Å². The van der Waals surface area contributed by atoms with E-state index in [-0.39, 0.29) is 11.4 Å². The zero-order valence-electron chi connectivity index (χ0n) is 19.5. The first-order chi connectivity index (χ1) is 16.2. The molecule has 0 bridgehead atoms. The van der Waals surface area contributed by atoms with Crippen LogP contribution in [0.3, 0.4) is 0 Å². The normalized spacial score (nSPS) is 14.0. The van der Waals surface area contributed by atoms with Gasteiger partial charge in [0.2, 0.25) is 0 Å². The summed E-state index contributed by atoms with van der Waals surface area (Å²) in [6.45, 7) is 2.17. The fourth-order valence-corrected chi connectivity index (χ4v) is 4.63. The van der Waals surface area contributed by atoms with E-state index in [0.717, 1.165) is 55.2 Å². The smallest absolute Gasteiger partial charge is 0.397 e. The third-order valence-electron chi connectivity index (χ3n) is 6.44. The molecule has 7 heteroatoms. The van der Waals surface area contributed by atoms with E-state index in [1.54, 1.807) is 12.3 Å². The van der Waals surface area contributed by atoms with E-state index in [2.05, 4.69) is 47.8 Å². The van der Waals surface area contributed by atoms with Crippen LogP contribution in [0.1, 0.15) is 55.1 Å². The van der Waals surface area contributed by atoms with Crippen LogP contribution in [0, 0.1) is 5.41 Å². The van der Waals surface area contributed by atoms with Crippen LogP contribution in [-0.2, 0) is 19.9 Å². The van der Waals surface area contributed by atoms with Crippen molar-refractivity contribution in [3.05, 3.63) is 65.1 Å². The topological polar surface area (TPSA) is 67.7 Å². The molecular weight excluding hydrogens is 437 g/mol. The first kappa shape index (κ1) is 23.8. The molecule has 34 heavy (non-hydrogen) atoms. The van der Waals surface area contributed by atoms with Crippen LogP contribution >= 0.6 is 0 Å². The lowest BCUT2D eigenvalue weighted by Crippen LogP contribution is -2.20. The summed E-state index contributed by atoms with van der Waals surface area (Å²) >= 11 is 0. The molecule has 0 unspecified atom stereocenters. The Morgan fingerprint density at radius 1 is 1.24 bits per heavy atom. The minimum absolute atomic E-state index is 0.183. The van der Waals surface area contributed by atoms with Crippen LogP contribution in [0.4, 0.5) is 13.2 Å². The second kappa shape index (κ2) is 9.49. The number of alkyl halides is 3. The highest BCUT2D eigenvalue weighted by atomic mass is 19.4. The number of aromatic nitrogens is 2. The van der Waals surface area contributed by atoms with Gasteiger partial charge in [-0.25, -0.2) is 0 Å². The fraction of sp³-hybridized carbons (Fsp3) is 0.333. The van der Waals surface area contributed by atoms with Gasteiger partial charge in [-0.05, 0) is 72.7 Å². The quantitative estimate of drug-likeness (QED) is 0.297. The molecule has 0 aliphatic heterocycles. The van der Waals surface area contributed by atoms with Crippen LogP contribution in [0.5, 0.6) is 0 Å². The summed E-state index contributed by atoms with van der Waals surface area (Å²) < 4.78 is 40.6. The van der Waals surface area contributed by atoms with Gasteiger partial charge in [0.05, 0.1) is 11.4 Å². The highest BCUT2D eigenvalue weighted by Crippen LogP contribution is 2.36. The number of rotatable bonds is 7. The van der Waals surface area contributed by atoms with Gasteiger partial charge in [0.25, 0.3) is 0 Å². The second-order valence-electron chi connectivity index (χ2n) is 8.78. The maximum Gasteiger partial charge on any atom is 0.432 e. The highest BCUT2D eigenvalue weighted by Gasteiger charge is 2.33. The number of unbranched alkanes of at least 4 members (excludes halogenated alkanes) is 2. The number of nitrogens with zero attached hydrogens (tertiary/aromatic N) is 2. The van der Waals surface area contributed by atoms with E-state index in [1.165, 1.54) is 22.2 Å². The first-order valence-corrected chi connectivity index (χ1v) is 11.6. The van der Waals surface area contributed by atoms with Gasteiger partial charge in [0.15, 0.2) is 0 Å². The average molecular weight is 467 g/mol. The first-order valence-electron chi connectivity index (χ1n) is 11.6. The molecule has 1 aliphatic rings. The Kier molecular flexibility index (Phi) is 6.64. The molecule has 0 spiro atoms. The summed E-state index contributed by atoms with van der Waals surface area (Å²) in [5, 5.41) is 8.46. The van der Waals surface area contributed by atoms with Gasteiger partial charge in [-0.15, -0.1) is 0 Å². The number of pyridine rings is 1. The molecular formula is C27H29F3N4. The second-order valence-corrected chi connectivity index (χ2v) is 8.78. The molecule has 0 radical (unpaired) electrons. The molecule has 1 aromatic carbocycles. The van der Waals surface area contributed by atoms with Gasteiger partial charge >= 0.3 is 6.18 Å². The Balaban J connectivity index is 1.83. The number of benzene rings is 1. The van der Waals surface area contributed by atoms with E-state index in [4.69, 9.17) is 11.1 Å². The van der Waals surface area contributed by atoms with E-state index in [9.17, 15) is 13.2 Å². The van der Waals surface area contributed by atoms with Gasteiger partial charge in [0, 0.05) is 35.4 Å². The molecule has 4 nitrogen and oxygen atoms in total. The summed E-state index contributed by atoms with van der Waals surface area (Å²) in [7, 11) is 2.09. The predicted octanol–water partition coefficient (Wildman–Crippen LogP) is 6.81. The van der Waals surface area contributed by atoms with E-state index in [0.29, 0.717) is 6.08 Å². The van der Waals surface area contributed by atoms with Crippen molar-refractivity contribution in [2.45, 2.75) is 51.6 Å². The summed E-state index contributed by atoms with van der Waals surface area (Å²) in [5.74, 6) is 0. The summed E-state index contributed by atoms with van der Waals surface area (Å²) in [6, 6.07) is 8.02. The molecule has 0 fully saturated rings. The standard InChI is InChI=1S/C27H29F3N4/c1-3-4-5-8-17-13-21-19-9-6-7-10-24(19)34(2)25(21)15-20(17)18-11-12-33-23(14-18)22(31)16-26(32)27(28,29)30/h6,9,11-16,32H,3-5,7-8,10,31H2,1-2H3/b22-16-,32-26?. The van der Waals surface area contributed by atoms with E-state index in [1.807, 2.05) is 6.07 Å². The van der Waals surface area contributed by atoms with Crippen molar-refractivity contribution < 1.29 is 13.2 Å². The van der Waals surface area contributed by atoms with Crippen molar-refractivity contribution in [1.29, 1.82) is 5.41 Å². The number of aryl methyl sites for hydroxylation is 2. The average Bonchev–Trinajstić information content (AvgIpc) is 3.09. The minimum Gasteiger partial charge on any atom is -0.397 e. The largest absolute Gasteiger partial charge is 0.432 e. The molecule has 0 atom stereocenters. The molecule has 3 aromatic rings. The maximum absolute atomic E-state index is 12.8. The van der Waals surface area contributed by atoms with E-state index >= 15 is 0 Å². The molecule has 0 amide bonds. The predicted molar refractivity (Wildman–Crippen MR) is 133 cm³/mol. The lowest BCUT2D eigenvalue weighted by atomic mass is 9.92. The Bertz CT molecular complexity index is 1300. The zero-order valence-corrected chi connectivity index (χ0v) is 19.5. The van der Waals surface area contributed by atoms with Gasteiger partial charge in [-0.2, -0.15) is 13.2 Å². The van der Waals surface area contributed by atoms with Crippen LogP contribution in [0.25, 0.3) is 33.8 Å². The lowest BCUT2D eigenvalue weighted by molar-refractivity contribution is -0.0583. The van der Waals surface area contributed by atoms with Crippen LogP contribution < -0.4 is 5.73 Å². The fourth-order valence-electron chi connectivity index (χ4n) is 4.63. The minimum atomic E-state index is -4.75. The van der Waals surface area contributed by atoms with E-state index < -0.39 is 11.9 Å². The molecule has 0 saturated carbocycles. The Hall–Kier alpha value is -3.35. The van der Waals surface area contributed by atoms with Gasteiger partial charge in [-0.1, -0.05) is 31.9 Å². The molecule has 2 heterocycles. The Morgan fingerprint density at radius 3 is 2.76 bits per heavy atom. The number of hydrogen-bond donors (Lipinski definition) is 2. The van der Waals surface area contributed by atoms with Crippen molar-refractivity contribution in [2.24, 2.45) is 12.8 Å². The number of fused-ring (bicyclic) bond motifs is 3. The molecule has 3 N–H and O–H groups in total. The molecule has 1 aliphatic carbocycles. The van der Waals surface area contributed by atoms with Crippen LogP contribution in [-0.4, -0.2) is 21.4 Å². The van der Waals surface area contributed by atoms with Crippen molar-refractivity contribution in [2.75, 3.05) is 0 Å². The zero-order chi connectivity index (χ0) is 24.5. The number of nitrogens with one attached hydrogen (secondary N) is 1. The van der Waals surface area contributed by atoms with Gasteiger partial charge in [0.1, 0.15) is 5.71 Å². The van der Waals surface area contributed by atoms with Gasteiger partial charge < -0.3 is 10.3 Å². The summed E-state index contributed by atoms with van der Waals surface area (Å²) in [5.41, 5.74) is 11.3. The lowest BCUT2D eigenvalue weighted by Gasteiger charge is -2.13. The molecule has 2 aromatic heterocycles. The number of hydrogen-bond acceptors (Lipinski definition) is 3. The number of allylic oxidation sites excluding steroid dienone is 2. The summed E-state index contributed by atoms with van der Waals surface area (Å²) in [6.07, 6.45) is 8.10. The van der Waals surface area contributed by atoms with Crippen molar-refractivity contribution >= 4 is 28.4 Å². The number of halogens is 3. The third kappa shape index (κ3) is 4.65. The Labute approximate surface area is 197 Å². The maximum atomic E-state index is 12.8. The third-order valence-corrected chi connectivity index (χ3v) is 6.44. The Morgan fingerprint density at radius 2 is 2.03 bits per heavy atom.